The molecular weight excluding hydrogens is 519 g/mol. The van der Waals surface area contributed by atoms with Crippen LogP contribution in [-0.2, 0) is 4.79 Å². The standard InChI is InChI=1S/C13H9Br2IN2O3/c14-8-1-3-9(4-2-8)20-7-12(19)18-17-6-10-5-11(15)13(16)21-10/h1-6H,7H2,(H,18,19)/b17-6-. The second-order valence-electron chi connectivity index (χ2n) is 3.81. The zero-order chi connectivity index (χ0) is 15.2. The lowest BCUT2D eigenvalue weighted by Crippen LogP contribution is -2.24. The summed E-state index contributed by atoms with van der Waals surface area (Å²) in [5, 5.41) is 3.79. The van der Waals surface area contributed by atoms with Gasteiger partial charge in [0.05, 0.1) is 10.7 Å². The lowest BCUT2D eigenvalue weighted by Gasteiger charge is -2.04. The van der Waals surface area contributed by atoms with Crippen LogP contribution in [0, 0.1) is 3.77 Å². The van der Waals surface area contributed by atoms with Gasteiger partial charge in [0.1, 0.15) is 11.5 Å². The quantitative estimate of drug-likeness (QED) is 0.364. The van der Waals surface area contributed by atoms with Crippen molar-refractivity contribution < 1.29 is 13.9 Å². The molecule has 2 aromatic rings. The topological polar surface area (TPSA) is 63.8 Å². The molecule has 1 heterocycles. The molecule has 110 valence electrons. The number of hydrogen-bond acceptors (Lipinski definition) is 4. The second kappa shape index (κ2) is 7.95. The SMILES string of the molecule is O=C(COc1ccc(Br)cc1)N/N=C\c1cc(Br)c(I)o1. The zero-order valence-corrected chi connectivity index (χ0v) is 15.8. The summed E-state index contributed by atoms with van der Waals surface area (Å²) in [6.45, 7) is -0.113. The molecular formula is C13H9Br2IN2O3. The first-order valence-corrected chi connectivity index (χ1v) is 8.36. The Kier molecular flexibility index (Phi) is 6.24. The van der Waals surface area contributed by atoms with Crippen molar-refractivity contribution in [2.24, 2.45) is 5.10 Å². The molecule has 0 atom stereocenters. The minimum atomic E-state index is -0.352. The number of nitrogens with one attached hydrogen (secondary N) is 1. The number of ether oxygens (including phenoxy) is 1. The van der Waals surface area contributed by atoms with Crippen LogP contribution in [0.25, 0.3) is 0 Å². The molecule has 0 aliphatic heterocycles. The molecule has 0 saturated carbocycles. The van der Waals surface area contributed by atoms with Crippen LogP contribution in [0.2, 0.25) is 0 Å². The van der Waals surface area contributed by atoms with Gasteiger partial charge in [-0.3, -0.25) is 4.79 Å². The summed E-state index contributed by atoms with van der Waals surface area (Å²) in [4.78, 5) is 11.5. The smallest absolute Gasteiger partial charge is 0.277 e. The second-order valence-corrected chi connectivity index (χ2v) is 6.56. The van der Waals surface area contributed by atoms with Gasteiger partial charge in [0.15, 0.2) is 10.4 Å². The number of furan rings is 1. The first-order valence-electron chi connectivity index (χ1n) is 5.69. The largest absolute Gasteiger partial charge is 0.484 e. The van der Waals surface area contributed by atoms with Crippen molar-refractivity contribution in [1.29, 1.82) is 0 Å². The van der Waals surface area contributed by atoms with Gasteiger partial charge >= 0.3 is 0 Å². The predicted octanol–water partition coefficient (Wildman–Crippen LogP) is 3.94. The van der Waals surface area contributed by atoms with Gasteiger partial charge in [0, 0.05) is 33.1 Å². The third-order valence-electron chi connectivity index (χ3n) is 2.23. The van der Waals surface area contributed by atoms with E-state index < -0.39 is 0 Å². The Balaban J connectivity index is 1.78. The highest BCUT2D eigenvalue weighted by atomic mass is 127. The van der Waals surface area contributed by atoms with Crippen LogP contribution in [0.5, 0.6) is 5.75 Å². The number of hydrazone groups is 1. The third-order valence-corrected chi connectivity index (χ3v) is 4.89. The van der Waals surface area contributed by atoms with Gasteiger partial charge in [0.25, 0.3) is 5.91 Å². The lowest BCUT2D eigenvalue weighted by atomic mass is 10.3. The molecule has 5 nitrogen and oxygen atoms in total. The van der Waals surface area contributed by atoms with Gasteiger partial charge in [-0.1, -0.05) is 15.9 Å². The van der Waals surface area contributed by atoms with Crippen LogP contribution in [0.1, 0.15) is 5.76 Å². The first kappa shape index (κ1) is 16.5. The number of hydrogen-bond donors (Lipinski definition) is 1. The van der Waals surface area contributed by atoms with Crippen molar-refractivity contribution in [3.63, 3.8) is 0 Å². The number of carbonyl (C=O) groups is 1. The van der Waals surface area contributed by atoms with Crippen LogP contribution >= 0.6 is 54.5 Å². The molecule has 0 unspecified atom stereocenters. The van der Waals surface area contributed by atoms with Crippen molar-refractivity contribution in [3.8, 4) is 5.75 Å². The van der Waals surface area contributed by atoms with Crippen LogP contribution < -0.4 is 10.2 Å². The van der Waals surface area contributed by atoms with E-state index in [4.69, 9.17) is 9.15 Å². The number of amides is 1. The molecule has 0 bridgehead atoms. The van der Waals surface area contributed by atoms with E-state index in [-0.39, 0.29) is 12.5 Å². The fourth-order valence-electron chi connectivity index (χ4n) is 1.31. The van der Waals surface area contributed by atoms with Crippen molar-refractivity contribution in [3.05, 3.63) is 48.8 Å². The number of carbonyl (C=O) groups excluding carboxylic acids is 1. The fraction of sp³-hybridized carbons (Fsp3) is 0.0769. The summed E-state index contributed by atoms with van der Waals surface area (Å²) in [7, 11) is 0. The molecule has 0 radical (unpaired) electrons. The lowest BCUT2D eigenvalue weighted by molar-refractivity contribution is -0.123. The highest BCUT2D eigenvalue weighted by Crippen LogP contribution is 2.22. The summed E-state index contributed by atoms with van der Waals surface area (Å²) in [5.41, 5.74) is 2.36. The Hall–Kier alpha value is -0.870. The summed E-state index contributed by atoms with van der Waals surface area (Å²) < 4.78 is 13.2. The van der Waals surface area contributed by atoms with E-state index in [1.54, 1.807) is 18.2 Å². The zero-order valence-electron chi connectivity index (χ0n) is 10.5. The van der Waals surface area contributed by atoms with E-state index in [2.05, 4.69) is 42.4 Å². The van der Waals surface area contributed by atoms with Crippen molar-refractivity contribution in [1.82, 2.24) is 5.43 Å². The highest BCUT2D eigenvalue weighted by Gasteiger charge is 2.04. The maximum absolute atomic E-state index is 11.5. The molecule has 0 spiro atoms. The summed E-state index contributed by atoms with van der Waals surface area (Å²) >= 11 is 8.69. The molecule has 8 heteroatoms. The molecule has 1 amide bonds. The highest BCUT2D eigenvalue weighted by molar-refractivity contribution is 14.1. The molecule has 2 rings (SSSR count). The predicted molar refractivity (Wildman–Crippen MR) is 94.5 cm³/mol. The van der Waals surface area contributed by atoms with E-state index in [1.807, 2.05) is 34.7 Å². The number of halogens is 3. The van der Waals surface area contributed by atoms with Crippen molar-refractivity contribution in [2.75, 3.05) is 6.61 Å². The molecule has 0 aliphatic carbocycles. The minimum Gasteiger partial charge on any atom is -0.484 e. The first-order chi connectivity index (χ1) is 10.0. The van der Waals surface area contributed by atoms with E-state index in [0.717, 1.165) is 12.7 Å². The van der Waals surface area contributed by atoms with Crippen LogP contribution in [0.3, 0.4) is 0 Å². The Morgan fingerprint density at radius 1 is 1.38 bits per heavy atom. The van der Waals surface area contributed by atoms with Crippen molar-refractivity contribution >= 4 is 66.6 Å². The van der Waals surface area contributed by atoms with E-state index in [1.165, 1.54) is 6.21 Å². The van der Waals surface area contributed by atoms with Crippen LogP contribution in [-0.4, -0.2) is 18.7 Å². The summed E-state index contributed by atoms with van der Waals surface area (Å²) in [5.74, 6) is 0.803. The molecule has 1 aromatic carbocycles. The van der Waals surface area contributed by atoms with Crippen LogP contribution in [0.4, 0.5) is 0 Å². The molecule has 0 aliphatic rings. The van der Waals surface area contributed by atoms with Gasteiger partial charge < -0.3 is 9.15 Å². The fourth-order valence-corrected chi connectivity index (χ4v) is 2.29. The molecule has 0 fully saturated rings. The van der Waals surface area contributed by atoms with Crippen LogP contribution in [0.15, 0.2) is 48.8 Å². The Morgan fingerprint density at radius 2 is 2.10 bits per heavy atom. The number of rotatable bonds is 5. The van der Waals surface area contributed by atoms with Gasteiger partial charge in [-0.15, -0.1) is 0 Å². The Morgan fingerprint density at radius 3 is 2.71 bits per heavy atom. The number of benzene rings is 1. The molecule has 1 aromatic heterocycles. The summed E-state index contributed by atoms with van der Waals surface area (Å²) in [6, 6.07) is 8.96. The van der Waals surface area contributed by atoms with Gasteiger partial charge in [-0.2, -0.15) is 5.10 Å². The van der Waals surface area contributed by atoms with Crippen molar-refractivity contribution in [2.45, 2.75) is 0 Å². The van der Waals surface area contributed by atoms with E-state index >= 15 is 0 Å². The Labute approximate surface area is 151 Å². The van der Waals surface area contributed by atoms with E-state index in [0.29, 0.717) is 11.5 Å². The minimum absolute atomic E-state index is 0.113. The average Bonchev–Trinajstić information content (AvgIpc) is 2.77. The maximum atomic E-state index is 11.5. The maximum Gasteiger partial charge on any atom is 0.277 e. The average molecular weight is 528 g/mol. The van der Waals surface area contributed by atoms with Gasteiger partial charge in [-0.25, -0.2) is 5.43 Å². The molecule has 1 N–H and O–H groups in total. The normalized spacial score (nSPS) is 10.8. The molecule has 0 saturated heterocycles. The summed E-state index contributed by atoms with van der Waals surface area (Å²) in [6.07, 6.45) is 1.42. The molecule has 21 heavy (non-hydrogen) atoms. The number of nitrogens with zero attached hydrogens (tertiary/aromatic N) is 1. The monoisotopic (exact) mass is 526 g/mol. The Bertz CT molecular complexity index is 636. The van der Waals surface area contributed by atoms with Gasteiger partial charge in [-0.05, 0) is 40.2 Å². The van der Waals surface area contributed by atoms with E-state index in [9.17, 15) is 4.79 Å². The van der Waals surface area contributed by atoms with Gasteiger partial charge in [0.2, 0.25) is 0 Å². The third kappa shape index (κ3) is 5.44.